The first-order chi connectivity index (χ1) is 10.4. The number of hydrogen-bond donors (Lipinski definition) is 0. The topological polar surface area (TPSA) is 43.4 Å². The van der Waals surface area contributed by atoms with Gasteiger partial charge in [0.25, 0.3) is 0 Å². The molecule has 0 aliphatic carbocycles. The number of ether oxygens (including phenoxy) is 1. The first-order valence-corrected chi connectivity index (χ1v) is 8.06. The van der Waals surface area contributed by atoms with Crippen molar-refractivity contribution in [2.24, 2.45) is 0 Å². The summed E-state index contributed by atoms with van der Waals surface area (Å²) in [5.74, 6) is 0.936. The van der Waals surface area contributed by atoms with Crippen molar-refractivity contribution in [1.29, 1.82) is 0 Å². The van der Waals surface area contributed by atoms with E-state index in [9.17, 15) is 8.42 Å². The van der Waals surface area contributed by atoms with Crippen LogP contribution in [0.2, 0.25) is 0 Å². The standard InChI is InChI=1S/C18H22O3S/c1-7-15(8-2)21-16(9-3)13-14-18(12-6)22(19,20)17(10-4)11-5/h7-14H,1,3-4,6H2,2,5H3/b15-8+,16-13+,17-11+,18-14+. The van der Waals surface area contributed by atoms with Gasteiger partial charge in [0, 0.05) is 0 Å². The average Bonchev–Trinajstić information content (AvgIpc) is 2.51. The van der Waals surface area contributed by atoms with Crippen molar-refractivity contribution in [3.8, 4) is 0 Å². The molecule has 0 aromatic rings. The molecular weight excluding hydrogens is 296 g/mol. The molecular formula is C18H22O3S. The van der Waals surface area contributed by atoms with E-state index in [1.54, 1.807) is 26.0 Å². The van der Waals surface area contributed by atoms with Gasteiger partial charge in [0.15, 0.2) is 0 Å². The summed E-state index contributed by atoms with van der Waals surface area (Å²) in [6.45, 7) is 17.7. The summed E-state index contributed by atoms with van der Waals surface area (Å²) in [6, 6.07) is 0. The van der Waals surface area contributed by atoms with Gasteiger partial charge in [-0.15, -0.1) is 0 Å². The normalized spacial score (nSPS) is 14.3. The molecule has 0 aromatic carbocycles. The molecule has 0 amide bonds. The van der Waals surface area contributed by atoms with Crippen molar-refractivity contribution in [2.45, 2.75) is 13.8 Å². The third-order valence-corrected chi connectivity index (χ3v) is 4.59. The second-order valence-corrected chi connectivity index (χ2v) is 5.89. The minimum atomic E-state index is -3.64. The monoisotopic (exact) mass is 318 g/mol. The molecule has 0 radical (unpaired) electrons. The van der Waals surface area contributed by atoms with Crippen LogP contribution in [0.15, 0.2) is 96.3 Å². The molecule has 0 aliphatic heterocycles. The summed E-state index contributed by atoms with van der Waals surface area (Å²) in [4.78, 5) is 0.164. The smallest absolute Gasteiger partial charge is 0.206 e. The molecule has 118 valence electrons. The summed E-state index contributed by atoms with van der Waals surface area (Å²) in [5, 5.41) is 0. The maximum Gasteiger partial charge on any atom is 0.206 e. The van der Waals surface area contributed by atoms with Crippen LogP contribution >= 0.6 is 0 Å². The summed E-state index contributed by atoms with van der Waals surface area (Å²) < 4.78 is 30.2. The second kappa shape index (κ2) is 9.58. The lowest BCUT2D eigenvalue weighted by Gasteiger charge is -2.07. The zero-order valence-electron chi connectivity index (χ0n) is 13.1. The minimum absolute atomic E-state index is 0.0454. The van der Waals surface area contributed by atoms with Crippen molar-refractivity contribution in [1.82, 2.24) is 0 Å². The highest BCUT2D eigenvalue weighted by Gasteiger charge is 2.17. The third-order valence-electron chi connectivity index (χ3n) is 2.64. The van der Waals surface area contributed by atoms with Crippen LogP contribution in [0.5, 0.6) is 0 Å². The van der Waals surface area contributed by atoms with Gasteiger partial charge in [-0.05, 0) is 44.2 Å². The quantitative estimate of drug-likeness (QED) is 0.455. The maximum atomic E-state index is 12.4. The minimum Gasteiger partial charge on any atom is -0.458 e. The Morgan fingerprint density at radius 2 is 1.32 bits per heavy atom. The number of hydrogen-bond acceptors (Lipinski definition) is 3. The van der Waals surface area contributed by atoms with Crippen molar-refractivity contribution in [3.05, 3.63) is 96.3 Å². The van der Waals surface area contributed by atoms with Gasteiger partial charge in [-0.25, -0.2) is 8.42 Å². The van der Waals surface area contributed by atoms with Gasteiger partial charge >= 0.3 is 0 Å². The lowest BCUT2D eigenvalue weighted by molar-refractivity contribution is 0.336. The molecule has 22 heavy (non-hydrogen) atoms. The fourth-order valence-electron chi connectivity index (χ4n) is 1.45. The van der Waals surface area contributed by atoms with Crippen LogP contribution in [0.3, 0.4) is 0 Å². The van der Waals surface area contributed by atoms with Gasteiger partial charge in [-0.1, -0.05) is 44.5 Å². The highest BCUT2D eigenvalue weighted by molar-refractivity contribution is 7.99. The molecule has 0 atom stereocenters. The predicted molar refractivity (Wildman–Crippen MR) is 94.5 cm³/mol. The van der Waals surface area contributed by atoms with Gasteiger partial charge in [-0.3, -0.25) is 0 Å². The van der Waals surface area contributed by atoms with Crippen LogP contribution < -0.4 is 0 Å². The molecule has 0 N–H and O–H groups in total. The van der Waals surface area contributed by atoms with Crippen LogP contribution in [-0.2, 0) is 14.6 Å². The van der Waals surface area contributed by atoms with E-state index in [0.29, 0.717) is 11.5 Å². The van der Waals surface area contributed by atoms with E-state index in [4.69, 9.17) is 4.74 Å². The van der Waals surface area contributed by atoms with E-state index in [-0.39, 0.29) is 9.81 Å². The fourth-order valence-corrected chi connectivity index (χ4v) is 2.72. The Morgan fingerprint density at radius 1 is 0.773 bits per heavy atom. The molecule has 0 heterocycles. The highest BCUT2D eigenvalue weighted by Crippen LogP contribution is 2.20. The number of rotatable bonds is 9. The Balaban J connectivity index is 5.76. The van der Waals surface area contributed by atoms with E-state index in [1.165, 1.54) is 36.5 Å². The number of allylic oxidation sites excluding steroid dienone is 8. The second-order valence-electron chi connectivity index (χ2n) is 3.94. The third kappa shape index (κ3) is 5.22. The molecule has 0 fully saturated rings. The average molecular weight is 318 g/mol. The molecule has 0 bridgehead atoms. The van der Waals surface area contributed by atoms with Gasteiger partial charge in [0.2, 0.25) is 9.84 Å². The Kier molecular flexibility index (Phi) is 8.56. The Hall–Kier alpha value is -2.33. The van der Waals surface area contributed by atoms with Crippen molar-refractivity contribution in [2.75, 3.05) is 0 Å². The van der Waals surface area contributed by atoms with Crippen LogP contribution in [-0.4, -0.2) is 8.42 Å². The molecule has 0 spiro atoms. The molecule has 0 aromatic heterocycles. The Labute approximate surface area is 133 Å². The highest BCUT2D eigenvalue weighted by atomic mass is 32.2. The molecule has 0 rings (SSSR count). The first-order valence-electron chi connectivity index (χ1n) is 6.58. The van der Waals surface area contributed by atoms with Gasteiger partial charge in [0.1, 0.15) is 11.5 Å². The lowest BCUT2D eigenvalue weighted by Crippen LogP contribution is -2.04. The first kappa shape index (κ1) is 19.7. The zero-order valence-corrected chi connectivity index (χ0v) is 13.9. The predicted octanol–water partition coefficient (Wildman–Crippen LogP) is 4.74. The van der Waals surface area contributed by atoms with Crippen molar-refractivity contribution in [3.63, 3.8) is 0 Å². The van der Waals surface area contributed by atoms with Gasteiger partial charge in [-0.2, -0.15) is 0 Å². The van der Waals surface area contributed by atoms with E-state index < -0.39 is 9.84 Å². The lowest BCUT2D eigenvalue weighted by atomic mass is 10.3. The number of sulfone groups is 1. The summed E-state index contributed by atoms with van der Waals surface area (Å²) >= 11 is 0. The zero-order chi connectivity index (χ0) is 17.2. The van der Waals surface area contributed by atoms with E-state index in [1.807, 2.05) is 0 Å². The van der Waals surface area contributed by atoms with Crippen molar-refractivity contribution >= 4 is 9.84 Å². The van der Waals surface area contributed by atoms with Crippen LogP contribution in [0.4, 0.5) is 0 Å². The summed E-state index contributed by atoms with van der Waals surface area (Å²) in [5.41, 5.74) is 0. The summed E-state index contributed by atoms with van der Waals surface area (Å²) in [6.07, 6.45) is 11.7. The van der Waals surface area contributed by atoms with E-state index in [0.717, 1.165) is 0 Å². The van der Waals surface area contributed by atoms with E-state index >= 15 is 0 Å². The molecule has 4 heteroatoms. The molecule has 3 nitrogen and oxygen atoms in total. The Morgan fingerprint density at radius 3 is 1.68 bits per heavy atom. The van der Waals surface area contributed by atoms with Gasteiger partial charge < -0.3 is 4.74 Å². The maximum absolute atomic E-state index is 12.4. The van der Waals surface area contributed by atoms with Crippen LogP contribution in [0.1, 0.15) is 13.8 Å². The fraction of sp³-hybridized carbons (Fsp3) is 0.111. The van der Waals surface area contributed by atoms with E-state index in [2.05, 4.69) is 26.3 Å². The molecule has 0 saturated heterocycles. The molecule has 0 saturated carbocycles. The summed E-state index contributed by atoms with van der Waals surface area (Å²) in [7, 11) is -3.64. The van der Waals surface area contributed by atoms with Crippen LogP contribution in [0.25, 0.3) is 0 Å². The van der Waals surface area contributed by atoms with Crippen molar-refractivity contribution < 1.29 is 13.2 Å². The van der Waals surface area contributed by atoms with Gasteiger partial charge in [0.05, 0.1) is 9.81 Å². The largest absolute Gasteiger partial charge is 0.458 e. The molecule has 0 unspecified atom stereocenters. The SMILES string of the molecule is C=C/C(=C\C)O/C(C=C)=C/C=C(\C=C)S(=O)(=O)/C(C=C)=C/C. The Bertz CT molecular complexity index is 669. The molecule has 0 aliphatic rings. The van der Waals surface area contributed by atoms with Crippen LogP contribution in [0, 0.1) is 0 Å².